The van der Waals surface area contributed by atoms with Crippen LogP contribution >= 0.6 is 0 Å². The van der Waals surface area contributed by atoms with Gasteiger partial charge in [0.05, 0.1) is 12.2 Å². The second kappa shape index (κ2) is 17.4. The number of carbonyl (C=O) groups excluding carboxylic acids is 1. The SMILES string of the molecule is CC(=O)C1CCN(CCCCCOc2ccccc2/C=C/C(CCCCC(=O)O)Cc2ccc(C(=O)O)cc2)CC1. The Labute approximate surface area is 244 Å². The molecule has 1 aliphatic rings. The summed E-state index contributed by atoms with van der Waals surface area (Å²) >= 11 is 0. The molecule has 0 aromatic heterocycles. The highest BCUT2D eigenvalue weighted by Gasteiger charge is 2.21. The summed E-state index contributed by atoms with van der Waals surface area (Å²) in [6, 6.07) is 15.0. The first-order valence-corrected chi connectivity index (χ1v) is 15.0. The highest BCUT2D eigenvalue weighted by molar-refractivity contribution is 5.87. The highest BCUT2D eigenvalue weighted by Crippen LogP contribution is 2.24. The van der Waals surface area contributed by atoms with E-state index < -0.39 is 11.9 Å². The second-order valence-electron chi connectivity index (χ2n) is 11.1. The molecule has 0 amide bonds. The number of likely N-dealkylation sites (tertiary alicyclic amines) is 1. The van der Waals surface area contributed by atoms with E-state index in [9.17, 15) is 19.5 Å². The van der Waals surface area contributed by atoms with E-state index in [1.165, 1.54) is 0 Å². The molecule has 0 bridgehead atoms. The third-order valence-corrected chi connectivity index (χ3v) is 7.92. The van der Waals surface area contributed by atoms with Gasteiger partial charge in [-0.1, -0.05) is 48.9 Å². The van der Waals surface area contributed by atoms with Gasteiger partial charge in [0.2, 0.25) is 0 Å². The lowest BCUT2D eigenvalue weighted by atomic mass is 9.92. The molecule has 1 unspecified atom stereocenters. The minimum absolute atomic E-state index is 0.165. The van der Waals surface area contributed by atoms with Crippen LogP contribution in [-0.2, 0) is 16.0 Å². The Hall–Kier alpha value is -3.45. The minimum Gasteiger partial charge on any atom is -0.493 e. The van der Waals surface area contributed by atoms with Gasteiger partial charge < -0.3 is 19.8 Å². The first-order chi connectivity index (χ1) is 19.8. The Bertz CT molecular complexity index is 1130. The number of benzene rings is 2. The number of hydrogen-bond acceptors (Lipinski definition) is 5. The van der Waals surface area contributed by atoms with Crippen molar-refractivity contribution >= 4 is 23.8 Å². The second-order valence-corrected chi connectivity index (χ2v) is 11.1. The van der Waals surface area contributed by atoms with Gasteiger partial charge >= 0.3 is 11.9 Å². The number of ether oxygens (including phenoxy) is 1. The van der Waals surface area contributed by atoms with E-state index in [2.05, 4.69) is 17.1 Å². The molecule has 1 fully saturated rings. The van der Waals surface area contributed by atoms with Gasteiger partial charge in [-0.25, -0.2) is 4.79 Å². The maximum atomic E-state index is 11.6. The van der Waals surface area contributed by atoms with Crippen molar-refractivity contribution in [1.82, 2.24) is 4.90 Å². The summed E-state index contributed by atoms with van der Waals surface area (Å²) in [6.45, 7) is 5.49. The number of aromatic carboxylic acids is 1. The van der Waals surface area contributed by atoms with Crippen LogP contribution < -0.4 is 4.74 Å². The zero-order valence-electron chi connectivity index (χ0n) is 24.3. The molecule has 0 saturated carbocycles. The zero-order chi connectivity index (χ0) is 29.5. The van der Waals surface area contributed by atoms with Crippen molar-refractivity contribution < 1.29 is 29.3 Å². The molecule has 41 heavy (non-hydrogen) atoms. The van der Waals surface area contributed by atoms with E-state index >= 15 is 0 Å². The van der Waals surface area contributed by atoms with Crippen LogP contribution in [0.1, 0.15) is 86.2 Å². The van der Waals surface area contributed by atoms with E-state index in [1.807, 2.05) is 36.4 Å². The number of rotatable bonds is 18. The smallest absolute Gasteiger partial charge is 0.335 e. The van der Waals surface area contributed by atoms with Crippen LogP contribution in [-0.4, -0.2) is 59.1 Å². The molecular formula is C34H45NO6. The first kappa shape index (κ1) is 32.1. The van der Waals surface area contributed by atoms with Gasteiger partial charge in [0.25, 0.3) is 0 Å². The average molecular weight is 564 g/mol. The van der Waals surface area contributed by atoms with Crippen molar-refractivity contribution in [3.8, 4) is 5.75 Å². The summed E-state index contributed by atoms with van der Waals surface area (Å²) in [4.78, 5) is 36.2. The van der Waals surface area contributed by atoms with Gasteiger partial charge in [-0.3, -0.25) is 9.59 Å². The van der Waals surface area contributed by atoms with Crippen LogP contribution in [0.5, 0.6) is 5.75 Å². The summed E-state index contributed by atoms with van der Waals surface area (Å²) in [6.07, 6.45) is 12.7. The minimum atomic E-state index is -0.941. The number of carbonyl (C=O) groups is 3. The number of ketones is 1. The Kier molecular flexibility index (Phi) is 13.6. The molecule has 0 radical (unpaired) electrons. The van der Waals surface area contributed by atoms with Crippen molar-refractivity contribution in [3.63, 3.8) is 0 Å². The Morgan fingerprint density at radius 1 is 0.951 bits per heavy atom. The normalized spacial score (nSPS) is 15.1. The number of allylic oxidation sites excluding steroid dienone is 1. The van der Waals surface area contributed by atoms with Gasteiger partial charge in [0.1, 0.15) is 11.5 Å². The van der Waals surface area contributed by atoms with Crippen molar-refractivity contribution in [2.75, 3.05) is 26.2 Å². The van der Waals surface area contributed by atoms with E-state index in [0.717, 1.165) is 87.9 Å². The van der Waals surface area contributed by atoms with Crippen LogP contribution in [0, 0.1) is 11.8 Å². The zero-order valence-corrected chi connectivity index (χ0v) is 24.3. The number of carboxylic acid groups (broad SMARTS) is 2. The molecule has 3 rings (SSSR count). The molecule has 0 spiro atoms. The van der Waals surface area contributed by atoms with Crippen LogP contribution in [0.25, 0.3) is 6.08 Å². The number of para-hydroxylation sites is 1. The molecule has 7 heteroatoms. The van der Waals surface area contributed by atoms with Gasteiger partial charge in [-0.15, -0.1) is 0 Å². The molecule has 1 atom stereocenters. The van der Waals surface area contributed by atoms with Gasteiger partial charge in [-0.2, -0.15) is 0 Å². The molecule has 1 saturated heterocycles. The molecule has 1 heterocycles. The standard InChI is InChI=1S/C34H45NO6/c1-26(36)29-19-22-35(23-20-29)21-7-2-8-24-41-32-11-5-4-10-30(32)16-13-27(9-3-6-12-33(37)38)25-28-14-17-31(18-15-28)34(39)40/h4-5,10-11,13-18,27,29H,2-3,6-9,12,19-25H2,1H3,(H,37,38)(H,39,40)/b16-13+. The van der Waals surface area contributed by atoms with Crippen molar-refractivity contribution in [1.29, 1.82) is 0 Å². The summed E-state index contributed by atoms with van der Waals surface area (Å²) in [5.74, 6) is -0.0915. The van der Waals surface area contributed by atoms with Crippen LogP contribution in [0.4, 0.5) is 0 Å². The molecule has 2 aromatic rings. The third-order valence-electron chi connectivity index (χ3n) is 7.92. The lowest BCUT2D eigenvalue weighted by Crippen LogP contribution is -2.36. The fraction of sp³-hybridized carbons (Fsp3) is 0.500. The Balaban J connectivity index is 1.49. The number of piperidine rings is 1. The number of Topliss-reactive ketones (excluding diaryl/α,β-unsaturated/α-hetero) is 1. The topological polar surface area (TPSA) is 104 Å². The average Bonchev–Trinajstić information content (AvgIpc) is 2.96. The van der Waals surface area contributed by atoms with Gasteiger partial charge in [0, 0.05) is 17.9 Å². The number of carboxylic acids is 2. The number of aliphatic carboxylic acids is 1. The fourth-order valence-corrected chi connectivity index (χ4v) is 5.38. The van der Waals surface area contributed by atoms with Crippen molar-refractivity contribution in [2.45, 2.75) is 71.1 Å². The fourth-order valence-electron chi connectivity index (χ4n) is 5.38. The van der Waals surface area contributed by atoms with Crippen LogP contribution in [0.3, 0.4) is 0 Å². The predicted octanol–water partition coefficient (Wildman–Crippen LogP) is 6.75. The molecule has 222 valence electrons. The summed E-state index contributed by atoms with van der Waals surface area (Å²) in [5, 5.41) is 18.2. The third kappa shape index (κ3) is 11.9. The van der Waals surface area contributed by atoms with Crippen LogP contribution in [0.2, 0.25) is 0 Å². The predicted molar refractivity (Wildman–Crippen MR) is 161 cm³/mol. The lowest BCUT2D eigenvalue weighted by molar-refractivity contribution is -0.137. The summed E-state index contributed by atoms with van der Waals surface area (Å²) in [5.41, 5.74) is 2.33. The molecule has 1 aliphatic heterocycles. The Morgan fingerprint density at radius 3 is 2.37 bits per heavy atom. The van der Waals surface area contributed by atoms with Gasteiger partial charge in [0.15, 0.2) is 0 Å². The highest BCUT2D eigenvalue weighted by atomic mass is 16.5. The number of unbranched alkanes of at least 4 members (excludes halogenated alkanes) is 3. The first-order valence-electron chi connectivity index (χ1n) is 15.0. The molecule has 0 aliphatic carbocycles. The molecule has 2 aromatic carbocycles. The van der Waals surface area contributed by atoms with E-state index in [1.54, 1.807) is 19.1 Å². The van der Waals surface area contributed by atoms with E-state index in [-0.39, 0.29) is 23.8 Å². The summed E-state index contributed by atoms with van der Waals surface area (Å²) < 4.78 is 6.16. The molecular weight excluding hydrogens is 518 g/mol. The largest absolute Gasteiger partial charge is 0.493 e. The molecule has 7 nitrogen and oxygen atoms in total. The number of hydrogen-bond donors (Lipinski definition) is 2. The monoisotopic (exact) mass is 563 g/mol. The van der Waals surface area contributed by atoms with Crippen molar-refractivity contribution in [3.05, 3.63) is 71.3 Å². The summed E-state index contributed by atoms with van der Waals surface area (Å²) in [7, 11) is 0. The quantitative estimate of drug-likeness (QED) is 0.193. The van der Waals surface area contributed by atoms with E-state index in [4.69, 9.17) is 9.84 Å². The Morgan fingerprint density at radius 2 is 1.68 bits per heavy atom. The number of nitrogens with zero attached hydrogens (tertiary/aromatic N) is 1. The molecule has 2 N–H and O–H groups in total. The lowest BCUT2D eigenvalue weighted by Gasteiger charge is -2.30. The van der Waals surface area contributed by atoms with Crippen molar-refractivity contribution in [2.24, 2.45) is 11.8 Å². The van der Waals surface area contributed by atoms with E-state index in [0.29, 0.717) is 18.8 Å². The van der Waals surface area contributed by atoms with Crippen LogP contribution in [0.15, 0.2) is 54.6 Å². The van der Waals surface area contributed by atoms with Gasteiger partial charge in [-0.05, 0) is 108 Å². The maximum Gasteiger partial charge on any atom is 0.335 e. The maximum absolute atomic E-state index is 11.6.